The summed E-state index contributed by atoms with van der Waals surface area (Å²) in [6, 6.07) is 18.1. The Hall–Kier alpha value is -4.57. The van der Waals surface area contributed by atoms with Gasteiger partial charge >= 0.3 is 0 Å². The number of hydrogen-bond acceptors (Lipinski definition) is 6. The average Bonchev–Trinajstić information content (AvgIpc) is 3.15. The Morgan fingerprint density at radius 3 is 2.31 bits per heavy atom. The molecule has 176 valence electrons. The fourth-order valence-electron chi connectivity index (χ4n) is 4.33. The fourth-order valence-corrected chi connectivity index (χ4v) is 4.33. The maximum absolute atomic E-state index is 13.4. The zero-order valence-corrected chi connectivity index (χ0v) is 19.8. The summed E-state index contributed by atoms with van der Waals surface area (Å²) in [6.45, 7) is 3.64. The number of nitrogens with zero attached hydrogens (tertiary/aromatic N) is 2. The Kier molecular flexibility index (Phi) is 6.30. The number of carbonyl (C=O) groups excluding carboxylic acids is 2. The largest absolute Gasteiger partial charge is 0.507 e. The van der Waals surface area contributed by atoms with Crippen molar-refractivity contribution < 1.29 is 24.2 Å². The zero-order chi connectivity index (χ0) is 25.3. The van der Waals surface area contributed by atoms with Gasteiger partial charge in [0.05, 0.1) is 37.5 Å². The summed E-state index contributed by atoms with van der Waals surface area (Å²) in [7, 11) is 3.09. The lowest BCUT2D eigenvalue weighted by atomic mass is 9.93. The van der Waals surface area contributed by atoms with Gasteiger partial charge in [0.15, 0.2) is 0 Å². The van der Waals surface area contributed by atoms with E-state index in [1.165, 1.54) is 12.0 Å². The fraction of sp³-hybridized carbons (Fsp3) is 0.179. The summed E-state index contributed by atoms with van der Waals surface area (Å²) in [5.41, 5.74) is 3.33. The third-order valence-electron chi connectivity index (χ3n) is 6.13. The highest BCUT2D eigenvalue weighted by Gasteiger charge is 2.47. The summed E-state index contributed by atoms with van der Waals surface area (Å²) >= 11 is 0. The van der Waals surface area contributed by atoms with Gasteiger partial charge in [0, 0.05) is 11.3 Å². The normalized spacial score (nSPS) is 16.8. The van der Waals surface area contributed by atoms with Crippen LogP contribution in [0.15, 0.2) is 66.2 Å². The first-order chi connectivity index (χ1) is 16.8. The number of aryl methyl sites for hydroxylation is 2. The van der Waals surface area contributed by atoms with Gasteiger partial charge in [0.2, 0.25) is 0 Å². The Morgan fingerprint density at radius 1 is 0.971 bits per heavy atom. The number of methoxy groups -OCH3 is 2. The van der Waals surface area contributed by atoms with E-state index in [0.717, 1.165) is 5.56 Å². The molecule has 1 fully saturated rings. The van der Waals surface area contributed by atoms with Gasteiger partial charge in [0.25, 0.3) is 11.7 Å². The van der Waals surface area contributed by atoms with E-state index in [0.29, 0.717) is 39.4 Å². The molecule has 1 aliphatic heterocycles. The van der Waals surface area contributed by atoms with Crippen LogP contribution in [0.4, 0.5) is 5.69 Å². The molecule has 1 saturated heterocycles. The summed E-state index contributed by atoms with van der Waals surface area (Å²) in [6.07, 6.45) is 0. The molecule has 1 atom stereocenters. The van der Waals surface area contributed by atoms with Crippen molar-refractivity contribution in [3.05, 3.63) is 94.1 Å². The summed E-state index contributed by atoms with van der Waals surface area (Å²) in [5.74, 6) is -0.638. The van der Waals surface area contributed by atoms with Crippen molar-refractivity contribution in [2.24, 2.45) is 0 Å². The molecular formula is C28H24N2O5. The van der Waals surface area contributed by atoms with Gasteiger partial charge in [-0.05, 0) is 79.1 Å². The number of aliphatic hydroxyl groups excluding tert-OH is 1. The molecule has 0 radical (unpaired) electrons. The number of aliphatic hydroxyl groups is 1. The lowest BCUT2D eigenvalue weighted by molar-refractivity contribution is -0.132. The van der Waals surface area contributed by atoms with E-state index >= 15 is 0 Å². The number of Topliss-reactive ketones (excluding diaryl/α,β-unsaturated/α-hetero) is 1. The number of carbonyl (C=O) groups is 2. The van der Waals surface area contributed by atoms with Crippen LogP contribution in [0.25, 0.3) is 5.76 Å². The minimum Gasteiger partial charge on any atom is -0.507 e. The van der Waals surface area contributed by atoms with Crippen LogP contribution < -0.4 is 14.4 Å². The second-order valence-electron chi connectivity index (χ2n) is 8.24. The Bertz CT molecular complexity index is 1400. The molecule has 4 rings (SSSR count). The predicted molar refractivity (Wildman–Crippen MR) is 131 cm³/mol. The Morgan fingerprint density at radius 2 is 1.69 bits per heavy atom. The molecule has 0 spiro atoms. The van der Waals surface area contributed by atoms with E-state index < -0.39 is 17.7 Å². The quantitative estimate of drug-likeness (QED) is 0.327. The maximum Gasteiger partial charge on any atom is 0.300 e. The van der Waals surface area contributed by atoms with E-state index in [9.17, 15) is 14.7 Å². The van der Waals surface area contributed by atoms with Crippen molar-refractivity contribution in [2.75, 3.05) is 19.1 Å². The van der Waals surface area contributed by atoms with Gasteiger partial charge in [-0.1, -0.05) is 12.1 Å². The van der Waals surface area contributed by atoms with Gasteiger partial charge in [-0.2, -0.15) is 5.26 Å². The molecule has 1 amide bonds. The van der Waals surface area contributed by atoms with E-state index in [2.05, 4.69) is 0 Å². The van der Waals surface area contributed by atoms with Gasteiger partial charge in [-0.3, -0.25) is 14.5 Å². The van der Waals surface area contributed by atoms with Crippen molar-refractivity contribution in [3.8, 4) is 17.6 Å². The Labute approximate surface area is 203 Å². The third kappa shape index (κ3) is 4.11. The molecule has 3 aromatic carbocycles. The highest BCUT2D eigenvalue weighted by atomic mass is 16.5. The number of hydrogen-bond donors (Lipinski definition) is 1. The summed E-state index contributed by atoms with van der Waals surface area (Å²) < 4.78 is 10.7. The van der Waals surface area contributed by atoms with Crippen LogP contribution in [0.3, 0.4) is 0 Å². The topological polar surface area (TPSA) is 99.9 Å². The van der Waals surface area contributed by atoms with Crippen LogP contribution in [0.1, 0.15) is 33.9 Å². The average molecular weight is 469 g/mol. The minimum absolute atomic E-state index is 0.0275. The van der Waals surface area contributed by atoms with E-state index in [4.69, 9.17) is 14.7 Å². The number of rotatable bonds is 5. The minimum atomic E-state index is -0.903. The summed E-state index contributed by atoms with van der Waals surface area (Å²) in [5, 5.41) is 20.6. The van der Waals surface area contributed by atoms with Crippen LogP contribution in [-0.4, -0.2) is 31.0 Å². The number of amides is 1. The predicted octanol–water partition coefficient (Wildman–Crippen LogP) is 4.82. The number of nitriles is 1. The first kappa shape index (κ1) is 23.6. The molecule has 0 aliphatic carbocycles. The first-order valence-corrected chi connectivity index (χ1v) is 10.9. The molecular weight excluding hydrogens is 444 g/mol. The maximum atomic E-state index is 13.4. The number of ketones is 1. The van der Waals surface area contributed by atoms with E-state index in [-0.39, 0.29) is 11.3 Å². The lowest BCUT2D eigenvalue weighted by Gasteiger charge is -2.26. The second-order valence-corrected chi connectivity index (χ2v) is 8.24. The molecule has 1 unspecified atom stereocenters. The smallest absolute Gasteiger partial charge is 0.300 e. The van der Waals surface area contributed by atoms with Crippen LogP contribution in [0, 0.1) is 25.2 Å². The molecule has 1 aliphatic rings. The lowest BCUT2D eigenvalue weighted by Crippen LogP contribution is -2.29. The first-order valence-electron chi connectivity index (χ1n) is 10.9. The molecule has 0 aromatic heterocycles. The number of benzene rings is 3. The van der Waals surface area contributed by atoms with Crippen molar-refractivity contribution in [2.45, 2.75) is 19.9 Å². The molecule has 1 heterocycles. The molecule has 0 bridgehead atoms. The second kappa shape index (κ2) is 9.35. The molecule has 1 N–H and O–H groups in total. The van der Waals surface area contributed by atoms with Crippen LogP contribution >= 0.6 is 0 Å². The Balaban J connectivity index is 1.97. The number of anilines is 1. The number of ether oxygens (including phenoxy) is 2. The van der Waals surface area contributed by atoms with Gasteiger partial charge < -0.3 is 14.6 Å². The van der Waals surface area contributed by atoms with Crippen LogP contribution in [0.5, 0.6) is 11.5 Å². The molecule has 7 heteroatoms. The van der Waals surface area contributed by atoms with Crippen molar-refractivity contribution in [3.63, 3.8) is 0 Å². The highest BCUT2D eigenvalue weighted by molar-refractivity contribution is 6.51. The van der Waals surface area contributed by atoms with Crippen molar-refractivity contribution in [1.29, 1.82) is 5.26 Å². The zero-order valence-electron chi connectivity index (χ0n) is 19.8. The molecule has 7 nitrogen and oxygen atoms in total. The van der Waals surface area contributed by atoms with Gasteiger partial charge in [0.1, 0.15) is 17.3 Å². The van der Waals surface area contributed by atoms with Crippen LogP contribution in [0.2, 0.25) is 0 Å². The van der Waals surface area contributed by atoms with E-state index in [1.54, 1.807) is 74.7 Å². The third-order valence-corrected chi connectivity index (χ3v) is 6.13. The van der Waals surface area contributed by atoms with Gasteiger partial charge in [-0.25, -0.2) is 0 Å². The summed E-state index contributed by atoms with van der Waals surface area (Å²) in [4.78, 5) is 28.0. The monoisotopic (exact) mass is 468 g/mol. The molecule has 3 aromatic rings. The van der Waals surface area contributed by atoms with Crippen molar-refractivity contribution in [1.82, 2.24) is 0 Å². The highest BCUT2D eigenvalue weighted by Crippen LogP contribution is 2.43. The molecule has 35 heavy (non-hydrogen) atoms. The molecule has 0 saturated carbocycles. The van der Waals surface area contributed by atoms with Crippen LogP contribution in [-0.2, 0) is 9.59 Å². The van der Waals surface area contributed by atoms with Crippen molar-refractivity contribution >= 4 is 23.1 Å². The standard InChI is InChI=1S/C28H24N2O5/c1-16-13-23(35-4)17(2)12-22(16)26(31)24-25(19-6-5-7-21(14-19)34-3)30(28(33)27(24)32)20-10-8-18(15-29)9-11-20/h5-14,25,31H,1-4H3/b26-24+. The van der Waals surface area contributed by atoms with Gasteiger partial charge in [-0.15, -0.1) is 0 Å². The SMILES string of the molecule is COc1cccc(C2/C(=C(\O)c3cc(C)c(OC)cc3C)C(=O)C(=O)N2c2ccc(C#N)cc2)c1. The van der Waals surface area contributed by atoms with E-state index in [1.807, 2.05) is 13.0 Å².